The normalized spacial score (nSPS) is 17.2. The van der Waals surface area contributed by atoms with Gasteiger partial charge in [-0.05, 0) is 49.5 Å². The molecule has 5 heteroatoms. The maximum Gasteiger partial charge on any atom is 0.329 e. The number of benzene rings is 1. The minimum absolute atomic E-state index is 0.0177. The molecule has 5 nitrogen and oxygen atoms in total. The molecule has 0 saturated heterocycles. The Hall–Kier alpha value is -2.30. The fourth-order valence-electron chi connectivity index (χ4n) is 2.21. The van der Waals surface area contributed by atoms with E-state index in [2.05, 4.69) is 5.32 Å². The van der Waals surface area contributed by atoms with Crippen molar-refractivity contribution < 1.29 is 19.4 Å². The molecule has 0 heterocycles. The fraction of sp³-hybridized carbons (Fsp3) is 0.375. The Labute approximate surface area is 123 Å². The summed E-state index contributed by atoms with van der Waals surface area (Å²) in [7, 11) is 1.57. The van der Waals surface area contributed by atoms with Crippen molar-refractivity contribution in [1.82, 2.24) is 5.32 Å². The van der Waals surface area contributed by atoms with Gasteiger partial charge in [-0.2, -0.15) is 0 Å². The molecule has 0 spiro atoms. The number of ether oxygens (including phenoxy) is 1. The summed E-state index contributed by atoms with van der Waals surface area (Å²) in [5.74, 6) is -0.683. The molecule has 1 aliphatic carbocycles. The molecule has 1 atom stereocenters. The van der Waals surface area contributed by atoms with Gasteiger partial charge in [0.1, 0.15) is 11.3 Å². The standard InChI is InChI=1S/C16H19NO4/c1-16(15(19)20,12-7-8-12)17-14(18)9-6-11-4-3-5-13(10-11)21-2/h3-6,9-10,12H,7-8H2,1-2H3,(H,17,18)(H,19,20)/b9-6+. The zero-order chi connectivity index (χ0) is 15.5. The largest absolute Gasteiger partial charge is 0.497 e. The first-order valence-corrected chi connectivity index (χ1v) is 6.83. The lowest BCUT2D eigenvalue weighted by Crippen LogP contribution is -2.53. The monoisotopic (exact) mass is 289 g/mol. The van der Waals surface area contributed by atoms with E-state index >= 15 is 0 Å². The van der Waals surface area contributed by atoms with Crippen LogP contribution in [-0.4, -0.2) is 29.6 Å². The summed E-state index contributed by atoms with van der Waals surface area (Å²) in [6.45, 7) is 1.56. The summed E-state index contributed by atoms with van der Waals surface area (Å²) in [4.78, 5) is 23.3. The summed E-state index contributed by atoms with van der Waals surface area (Å²) >= 11 is 0. The number of carboxylic acid groups (broad SMARTS) is 1. The van der Waals surface area contributed by atoms with Gasteiger partial charge in [-0.1, -0.05) is 12.1 Å². The summed E-state index contributed by atoms with van der Waals surface area (Å²) in [5, 5.41) is 11.9. The van der Waals surface area contributed by atoms with Crippen molar-refractivity contribution >= 4 is 18.0 Å². The second kappa shape index (κ2) is 5.99. The number of carbonyl (C=O) groups excluding carboxylic acids is 1. The molecular weight excluding hydrogens is 270 g/mol. The van der Waals surface area contributed by atoms with Crippen LogP contribution in [0.2, 0.25) is 0 Å². The van der Waals surface area contributed by atoms with Crippen molar-refractivity contribution in [2.24, 2.45) is 5.92 Å². The molecule has 0 radical (unpaired) electrons. The minimum atomic E-state index is -1.18. The lowest BCUT2D eigenvalue weighted by Gasteiger charge is -2.25. The molecule has 1 fully saturated rings. The zero-order valence-electron chi connectivity index (χ0n) is 12.1. The summed E-state index contributed by atoms with van der Waals surface area (Å²) in [6.07, 6.45) is 4.65. The van der Waals surface area contributed by atoms with E-state index in [-0.39, 0.29) is 5.92 Å². The maximum absolute atomic E-state index is 11.9. The van der Waals surface area contributed by atoms with Crippen LogP contribution >= 0.6 is 0 Å². The van der Waals surface area contributed by atoms with E-state index in [4.69, 9.17) is 4.74 Å². The van der Waals surface area contributed by atoms with Crippen LogP contribution < -0.4 is 10.1 Å². The van der Waals surface area contributed by atoms with Gasteiger partial charge in [0.15, 0.2) is 0 Å². The van der Waals surface area contributed by atoms with Crippen molar-refractivity contribution in [2.75, 3.05) is 7.11 Å². The number of hydrogen-bond donors (Lipinski definition) is 2. The van der Waals surface area contributed by atoms with E-state index in [1.165, 1.54) is 6.08 Å². The number of hydrogen-bond acceptors (Lipinski definition) is 3. The topological polar surface area (TPSA) is 75.6 Å². The van der Waals surface area contributed by atoms with Crippen molar-refractivity contribution in [3.63, 3.8) is 0 Å². The van der Waals surface area contributed by atoms with Gasteiger partial charge < -0.3 is 15.2 Å². The van der Waals surface area contributed by atoms with Crippen molar-refractivity contribution in [2.45, 2.75) is 25.3 Å². The molecule has 2 rings (SSSR count). The van der Waals surface area contributed by atoms with Crippen molar-refractivity contribution in [3.8, 4) is 5.75 Å². The van der Waals surface area contributed by atoms with Crippen LogP contribution in [0.4, 0.5) is 0 Å². The van der Waals surface area contributed by atoms with Crippen LogP contribution in [-0.2, 0) is 9.59 Å². The van der Waals surface area contributed by atoms with Crippen molar-refractivity contribution in [3.05, 3.63) is 35.9 Å². The first-order valence-electron chi connectivity index (χ1n) is 6.83. The van der Waals surface area contributed by atoms with E-state index < -0.39 is 17.4 Å². The van der Waals surface area contributed by atoms with Crippen LogP contribution in [0.15, 0.2) is 30.3 Å². The molecule has 1 aromatic carbocycles. The zero-order valence-corrected chi connectivity index (χ0v) is 12.1. The van der Waals surface area contributed by atoms with E-state index in [1.807, 2.05) is 18.2 Å². The number of rotatable bonds is 6. The van der Waals surface area contributed by atoms with Gasteiger partial charge in [0.05, 0.1) is 7.11 Å². The second-order valence-corrected chi connectivity index (χ2v) is 5.38. The molecule has 1 amide bonds. The molecule has 0 bridgehead atoms. The third kappa shape index (κ3) is 3.62. The Morgan fingerprint density at radius 2 is 2.14 bits per heavy atom. The second-order valence-electron chi connectivity index (χ2n) is 5.38. The number of carboxylic acids is 1. The molecule has 0 aromatic heterocycles. The van der Waals surface area contributed by atoms with E-state index in [1.54, 1.807) is 26.2 Å². The third-order valence-corrected chi connectivity index (χ3v) is 3.74. The SMILES string of the molecule is COc1cccc(/C=C/C(=O)NC(C)(C(=O)O)C2CC2)c1. The average Bonchev–Trinajstić information content (AvgIpc) is 3.30. The van der Waals surface area contributed by atoms with Crippen molar-refractivity contribution in [1.29, 1.82) is 0 Å². The highest BCUT2D eigenvalue weighted by Gasteiger charge is 2.48. The molecule has 1 aliphatic rings. The molecule has 1 aromatic rings. The molecule has 1 saturated carbocycles. The lowest BCUT2D eigenvalue weighted by atomic mass is 9.96. The maximum atomic E-state index is 11.9. The Balaban J connectivity index is 2.03. The fourth-order valence-corrected chi connectivity index (χ4v) is 2.21. The Kier molecular flexibility index (Phi) is 4.31. The summed E-state index contributed by atoms with van der Waals surface area (Å²) < 4.78 is 5.10. The van der Waals surface area contributed by atoms with Gasteiger partial charge in [-0.3, -0.25) is 4.79 Å². The number of aliphatic carboxylic acids is 1. The van der Waals surface area contributed by atoms with E-state index in [9.17, 15) is 14.7 Å². The van der Waals surface area contributed by atoms with Gasteiger partial charge in [0.2, 0.25) is 5.91 Å². The number of carbonyl (C=O) groups is 2. The van der Waals surface area contributed by atoms with E-state index in [0.29, 0.717) is 5.75 Å². The highest BCUT2D eigenvalue weighted by Crippen LogP contribution is 2.39. The minimum Gasteiger partial charge on any atom is -0.497 e. The predicted octanol–water partition coefficient (Wildman–Crippen LogP) is 2.08. The molecule has 0 aliphatic heterocycles. The number of methoxy groups -OCH3 is 1. The molecule has 112 valence electrons. The van der Waals surface area contributed by atoms with Gasteiger partial charge in [-0.15, -0.1) is 0 Å². The average molecular weight is 289 g/mol. The Bertz CT molecular complexity index is 577. The predicted molar refractivity (Wildman–Crippen MR) is 78.9 cm³/mol. The smallest absolute Gasteiger partial charge is 0.329 e. The molecule has 1 unspecified atom stereocenters. The highest BCUT2D eigenvalue weighted by atomic mass is 16.5. The first kappa shape index (κ1) is 15.1. The van der Waals surface area contributed by atoms with Crippen LogP contribution in [0.3, 0.4) is 0 Å². The first-order chi connectivity index (χ1) is 9.95. The summed E-state index contributed by atoms with van der Waals surface area (Å²) in [5.41, 5.74) is -0.372. The Morgan fingerprint density at radius 3 is 2.71 bits per heavy atom. The van der Waals surface area contributed by atoms with Gasteiger partial charge in [-0.25, -0.2) is 4.79 Å². The van der Waals surface area contributed by atoms with Crippen LogP contribution in [0.25, 0.3) is 6.08 Å². The van der Waals surface area contributed by atoms with Gasteiger partial charge in [0.25, 0.3) is 0 Å². The van der Waals surface area contributed by atoms with Crippen LogP contribution in [0.5, 0.6) is 5.75 Å². The highest BCUT2D eigenvalue weighted by molar-refractivity contribution is 5.96. The molecular formula is C16H19NO4. The third-order valence-electron chi connectivity index (χ3n) is 3.74. The summed E-state index contributed by atoms with van der Waals surface area (Å²) in [6, 6.07) is 7.26. The number of amides is 1. The number of nitrogens with one attached hydrogen (secondary N) is 1. The van der Waals surface area contributed by atoms with Gasteiger partial charge >= 0.3 is 5.97 Å². The van der Waals surface area contributed by atoms with Crippen LogP contribution in [0, 0.1) is 5.92 Å². The van der Waals surface area contributed by atoms with Crippen LogP contribution in [0.1, 0.15) is 25.3 Å². The van der Waals surface area contributed by atoms with E-state index in [0.717, 1.165) is 18.4 Å². The lowest BCUT2D eigenvalue weighted by molar-refractivity contribution is -0.147. The molecule has 2 N–H and O–H groups in total. The molecule has 21 heavy (non-hydrogen) atoms. The quantitative estimate of drug-likeness (QED) is 0.786. The van der Waals surface area contributed by atoms with Gasteiger partial charge in [0, 0.05) is 6.08 Å². The Morgan fingerprint density at radius 1 is 1.43 bits per heavy atom.